The van der Waals surface area contributed by atoms with E-state index in [9.17, 15) is 9.90 Å². The lowest BCUT2D eigenvalue weighted by atomic mass is 10.00. The number of aliphatic hydroxyl groups is 1. The smallest absolute Gasteiger partial charge is 0.431 e. The van der Waals surface area contributed by atoms with Crippen LogP contribution < -0.4 is 0 Å². The summed E-state index contributed by atoms with van der Waals surface area (Å²) in [6, 6.07) is 0. The van der Waals surface area contributed by atoms with E-state index in [0.29, 0.717) is 6.42 Å². The Hall–Kier alpha value is -0.770. The average molecular weight is 343 g/mol. The molecule has 0 bridgehead atoms. The zero-order chi connectivity index (χ0) is 17.6. The second-order valence-corrected chi connectivity index (χ2v) is 7.30. The second kappa shape index (κ2) is 13.5. The number of carbonyl (C=O) groups is 1. The van der Waals surface area contributed by atoms with E-state index in [1.165, 1.54) is 70.6 Å². The van der Waals surface area contributed by atoms with E-state index < -0.39 is 18.4 Å². The summed E-state index contributed by atoms with van der Waals surface area (Å²) in [5.74, 6) is 0. The molecule has 0 aromatic rings. The van der Waals surface area contributed by atoms with Gasteiger partial charge in [0.1, 0.15) is 12.2 Å². The topological polar surface area (TPSA) is 55.8 Å². The monoisotopic (exact) mass is 342 g/mol. The fourth-order valence-corrected chi connectivity index (χ4v) is 3.33. The van der Waals surface area contributed by atoms with Crippen molar-refractivity contribution in [1.29, 1.82) is 0 Å². The predicted octanol–water partition coefficient (Wildman–Crippen LogP) is 5.75. The molecule has 24 heavy (non-hydrogen) atoms. The SMILES string of the molecule is CCCCCCCCCCCCCC[C@@H]1C[C@H]([C@@H](C)O)OC(=O)O1. The Bertz CT molecular complexity index is 317. The molecule has 4 nitrogen and oxygen atoms in total. The van der Waals surface area contributed by atoms with Crippen LogP contribution in [0.1, 0.15) is 104 Å². The standard InChI is InChI=1S/C20H38O4/c1-3-4-5-6-7-8-9-10-11-12-13-14-15-18-16-19(17(2)21)24-20(22)23-18/h17-19,21H,3-16H2,1-2H3/t17-,18-,19-/m1/s1. The van der Waals surface area contributed by atoms with Gasteiger partial charge in [-0.1, -0.05) is 77.6 Å². The van der Waals surface area contributed by atoms with E-state index >= 15 is 0 Å². The van der Waals surface area contributed by atoms with Crippen molar-refractivity contribution in [3.05, 3.63) is 0 Å². The highest BCUT2D eigenvalue weighted by atomic mass is 16.7. The molecule has 1 fully saturated rings. The maximum Gasteiger partial charge on any atom is 0.508 e. The van der Waals surface area contributed by atoms with Crippen LogP contribution in [0.4, 0.5) is 4.79 Å². The van der Waals surface area contributed by atoms with Crippen LogP contribution in [0, 0.1) is 0 Å². The van der Waals surface area contributed by atoms with Crippen molar-refractivity contribution in [3.63, 3.8) is 0 Å². The number of aliphatic hydroxyl groups excluding tert-OH is 1. The molecule has 4 heteroatoms. The van der Waals surface area contributed by atoms with Crippen LogP contribution in [-0.2, 0) is 9.47 Å². The Kier molecular flexibility index (Phi) is 12.0. The van der Waals surface area contributed by atoms with Crippen LogP contribution in [0.2, 0.25) is 0 Å². The Morgan fingerprint density at radius 3 is 1.92 bits per heavy atom. The maximum absolute atomic E-state index is 11.4. The van der Waals surface area contributed by atoms with Crippen molar-refractivity contribution < 1.29 is 19.4 Å². The highest BCUT2D eigenvalue weighted by Crippen LogP contribution is 2.22. The molecule has 0 radical (unpaired) electrons. The minimum atomic E-state index is -0.629. The molecule has 142 valence electrons. The molecule has 1 aliphatic heterocycles. The number of unbranched alkanes of at least 4 members (excludes halogenated alkanes) is 11. The van der Waals surface area contributed by atoms with Gasteiger partial charge >= 0.3 is 6.16 Å². The number of carbonyl (C=O) groups excluding carboxylic acids is 1. The summed E-state index contributed by atoms with van der Waals surface area (Å²) >= 11 is 0. The molecule has 0 aliphatic carbocycles. The average Bonchev–Trinajstić information content (AvgIpc) is 2.55. The minimum Gasteiger partial charge on any atom is -0.431 e. The Morgan fingerprint density at radius 1 is 0.917 bits per heavy atom. The van der Waals surface area contributed by atoms with Crippen LogP contribution in [0.25, 0.3) is 0 Å². The van der Waals surface area contributed by atoms with Gasteiger partial charge in [-0.3, -0.25) is 0 Å². The summed E-state index contributed by atoms with van der Waals surface area (Å²) in [6.07, 6.45) is 15.7. The normalized spacial score (nSPS) is 22.0. The van der Waals surface area contributed by atoms with Gasteiger partial charge in [0.25, 0.3) is 0 Å². The predicted molar refractivity (Wildman–Crippen MR) is 97.1 cm³/mol. The minimum absolute atomic E-state index is 0.0889. The molecule has 3 atom stereocenters. The molecule has 1 aliphatic rings. The van der Waals surface area contributed by atoms with Gasteiger partial charge in [-0.15, -0.1) is 0 Å². The summed E-state index contributed by atoms with van der Waals surface area (Å²) in [4.78, 5) is 11.4. The molecule has 1 rings (SSSR count). The lowest BCUT2D eigenvalue weighted by Gasteiger charge is -2.30. The van der Waals surface area contributed by atoms with Crippen molar-refractivity contribution in [2.24, 2.45) is 0 Å². The van der Waals surface area contributed by atoms with Crippen LogP contribution in [0.3, 0.4) is 0 Å². The summed E-state index contributed by atoms with van der Waals surface area (Å²) in [5.41, 5.74) is 0. The van der Waals surface area contributed by atoms with E-state index in [1.807, 2.05) is 0 Å². The third kappa shape index (κ3) is 10.2. The van der Waals surface area contributed by atoms with Crippen LogP contribution in [0.5, 0.6) is 0 Å². The van der Waals surface area contributed by atoms with Gasteiger partial charge in [-0.2, -0.15) is 0 Å². The summed E-state index contributed by atoms with van der Waals surface area (Å²) in [7, 11) is 0. The van der Waals surface area contributed by atoms with Gasteiger partial charge in [0.05, 0.1) is 6.10 Å². The van der Waals surface area contributed by atoms with Crippen molar-refractivity contribution in [2.75, 3.05) is 0 Å². The molecule has 0 spiro atoms. The number of cyclic esters (lactones) is 2. The van der Waals surface area contributed by atoms with Crippen LogP contribution in [-0.4, -0.2) is 29.6 Å². The zero-order valence-corrected chi connectivity index (χ0v) is 15.8. The highest BCUT2D eigenvalue weighted by molar-refractivity contribution is 5.61. The quantitative estimate of drug-likeness (QED) is 0.322. The molecule has 1 heterocycles. The van der Waals surface area contributed by atoms with Gasteiger partial charge in [0.15, 0.2) is 0 Å². The number of hydrogen-bond donors (Lipinski definition) is 1. The third-order valence-corrected chi connectivity index (χ3v) is 4.92. The molecule has 1 saturated heterocycles. The van der Waals surface area contributed by atoms with Crippen LogP contribution >= 0.6 is 0 Å². The molecule has 0 amide bonds. The van der Waals surface area contributed by atoms with Crippen molar-refractivity contribution in [2.45, 2.75) is 122 Å². The van der Waals surface area contributed by atoms with E-state index in [2.05, 4.69) is 6.92 Å². The summed E-state index contributed by atoms with van der Waals surface area (Å²) < 4.78 is 10.2. The van der Waals surface area contributed by atoms with E-state index in [-0.39, 0.29) is 6.10 Å². The van der Waals surface area contributed by atoms with Crippen molar-refractivity contribution in [1.82, 2.24) is 0 Å². The second-order valence-electron chi connectivity index (χ2n) is 7.30. The molecule has 0 aromatic carbocycles. The van der Waals surface area contributed by atoms with Gasteiger partial charge < -0.3 is 14.6 Å². The maximum atomic E-state index is 11.4. The number of ether oxygens (including phenoxy) is 2. The molecular weight excluding hydrogens is 304 g/mol. The Labute approximate surface area is 148 Å². The molecular formula is C20H38O4. The van der Waals surface area contributed by atoms with Crippen molar-refractivity contribution >= 4 is 6.16 Å². The Balaban J connectivity index is 1.90. The van der Waals surface area contributed by atoms with Crippen LogP contribution in [0.15, 0.2) is 0 Å². The molecule has 0 aromatic heterocycles. The highest BCUT2D eigenvalue weighted by Gasteiger charge is 2.32. The lowest BCUT2D eigenvalue weighted by molar-refractivity contribution is -0.0965. The van der Waals surface area contributed by atoms with E-state index in [4.69, 9.17) is 9.47 Å². The van der Waals surface area contributed by atoms with Crippen molar-refractivity contribution in [3.8, 4) is 0 Å². The first-order chi connectivity index (χ1) is 11.6. The first-order valence-electron chi connectivity index (χ1n) is 10.2. The molecule has 0 unspecified atom stereocenters. The molecule has 0 saturated carbocycles. The largest absolute Gasteiger partial charge is 0.508 e. The summed E-state index contributed by atoms with van der Waals surface area (Å²) in [6.45, 7) is 3.92. The first-order valence-corrected chi connectivity index (χ1v) is 10.2. The molecule has 1 N–H and O–H groups in total. The van der Waals surface area contributed by atoms with E-state index in [0.717, 1.165) is 12.8 Å². The number of hydrogen-bond acceptors (Lipinski definition) is 4. The van der Waals surface area contributed by atoms with E-state index in [1.54, 1.807) is 6.92 Å². The van der Waals surface area contributed by atoms with Gasteiger partial charge in [0.2, 0.25) is 0 Å². The van der Waals surface area contributed by atoms with Gasteiger partial charge in [-0.05, 0) is 19.8 Å². The van der Waals surface area contributed by atoms with Gasteiger partial charge in [0, 0.05) is 6.42 Å². The zero-order valence-electron chi connectivity index (χ0n) is 15.8. The Morgan fingerprint density at radius 2 is 1.42 bits per heavy atom. The van der Waals surface area contributed by atoms with Gasteiger partial charge in [-0.25, -0.2) is 4.79 Å². The summed E-state index contributed by atoms with van der Waals surface area (Å²) in [5, 5.41) is 9.55. The number of rotatable bonds is 14. The lowest BCUT2D eigenvalue weighted by Crippen LogP contribution is -2.40. The first kappa shape index (κ1) is 21.3. The fraction of sp³-hybridized carbons (Fsp3) is 0.950. The fourth-order valence-electron chi connectivity index (χ4n) is 3.33. The third-order valence-electron chi connectivity index (χ3n) is 4.92.